The van der Waals surface area contributed by atoms with Crippen LogP contribution in [0.1, 0.15) is 17.2 Å². The van der Waals surface area contributed by atoms with Crippen LogP contribution in [0.3, 0.4) is 0 Å². The molecular formula is C16H26N4O. The first-order valence-electron chi connectivity index (χ1n) is 7.51. The van der Waals surface area contributed by atoms with E-state index in [4.69, 9.17) is 4.74 Å². The van der Waals surface area contributed by atoms with Gasteiger partial charge in [0.25, 0.3) is 0 Å². The van der Waals surface area contributed by atoms with E-state index in [-0.39, 0.29) is 0 Å². The van der Waals surface area contributed by atoms with E-state index in [2.05, 4.69) is 51.7 Å². The van der Waals surface area contributed by atoms with Crippen molar-refractivity contribution in [2.75, 3.05) is 46.9 Å². The van der Waals surface area contributed by atoms with Crippen LogP contribution in [-0.4, -0.2) is 57.8 Å². The molecule has 21 heavy (non-hydrogen) atoms. The molecule has 1 saturated heterocycles. The van der Waals surface area contributed by atoms with Crippen LogP contribution in [0.5, 0.6) is 0 Å². The smallest absolute Gasteiger partial charge is 0.190 e. The lowest BCUT2D eigenvalue weighted by Crippen LogP contribution is -2.45. The second-order valence-corrected chi connectivity index (χ2v) is 5.28. The van der Waals surface area contributed by atoms with Gasteiger partial charge in [-0.3, -0.25) is 9.89 Å². The maximum atomic E-state index is 5.47. The van der Waals surface area contributed by atoms with E-state index in [1.165, 1.54) is 11.1 Å². The Balaban J connectivity index is 2.11. The van der Waals surface area contributed by atoms with Gasteiger partial charge in [0.2, 0.25) is 0 Å². The van der Waals surface area contributed by atoms with Crippen molar-refractivity contribution in [3.8, 4) is 0 Å². The van der Waals surface area contributed by atoms with Gasteiger partial charge in [0.05, 0.1) is 19.3 Å². The molecule has 2 N–H and O–H groups in total. The van der Waals surface area contributed by atoms with E-state index in [0.29, 0.717) is 6.04 Å². The molecule has 2 rings (SSSR count). The number of aliphatic imine (C=N–C) groups is 1. The van der Waals surface area contributed by atoms with E-state index >= 15 is 0 Å². The van der Waals surface area contributed by atoms with Gasteiger partial charge in [-0.15, -0.1) is 0 Å². The van der Waals surface area contributed by atoms with Crippen molar-refractivity contribution in [1.82, 2.24) is 15.5 Å². The summed E-state index contributed by atoms with van der Waals surface area (Å²) in [5.74, 6) is 0.820. The Bertz CT molecular complexity index is 452. The molecule has 0 aliphatic carbocycles. The molecule has 1 aliphatic rings. The monoisotopic (exact) mass is 290 g/mol. The Kier molecular flexibility index (Phi) is 6.02. The molecule has 0 spiro atoms. The number of benzene rings is 1. The van der Waals surface area contributed by atoms with Gasteiger partial charge in [-0.25, -0.2) is 0 Å². The van der Waals surface area contributed by atoms with Crippen LogP contribution < -0.4 is 10.6 Å². The summed E-state index contributed by atoms with van der Waals surface area (Å²) in [5.41, 5.74) is 2.63. The van der Waals surface area contributed by atoms with Crippen molar-refractivity contribution in [1.29, 1.82) is 0 Å². The first-order valence-corrected chi connectivity index (χ1v) is 7.51. The molecule has 0 saturated carbocycles. The van der Waals surface area contributed by atoms with Gasteiger partial charge in [0.15, 0.2) is 5.96 Å². The summed E-state index contributed by atoms with van der Waals surface area (Å²) in [6.45, 7) is 6.51. The van der Waals surface area contributed by atoms with Crippen LogP contribution in [0.25, 0.3) is 0 Å². The summed E-state index contributed by atoms with van der Waals surface area (Å²) in [6, 6.07) is 9.13. The SMILES string of the molecule is CN=C(NC)NCC(c1ccc(C)cc1)N1CCOCC1. The van der Waals surface area contributed by atoms with Crippen molar-refractivity contribution in [3.63, 3.8) is 0 Å². The standard InChI is InChI=1S/C16H26N4O/c1-13-4-6-14(7-5-13)15(12-19-16(17-2)18-3)20-8-10-21-11-9-20/h4-7,15H,8-12H2,1-3H3,(H2,17,18,19). The summed E-state index contributed by atoms with van der Waals surface area (Å²) in [7, 11) is 3.67. The number of nitrogens with one attached hydrogen (secondary N) is 2. The molecule has 0 bridgehead atoms. The molecule has 0 amide bonds. The van der Waals surface area contributed by atoms with E-state index in [0.717, 1.165) is 38.8 Å². The number of hydrogen-bond donors (Lipinski definition) is 2. The number of aryl methyl sites for hydroxylation is 1. The van der Waals surface area contributed by atoms with E-state index in [9.17, 15) is 0 Å². The van der Waals surface area contributed by atoms with Crippen molar-refractivity contribution < 1.29 is 4.74 Å². The summed E-state index contributed by atoms with van der Waals surface area (Å²) in [5, 5.41) is 6.45. The summed E-state index contributed by atoms with van der Waals surface area (Å²) in [4.78, 5) is 6.66. The number of morpholine rings is 1. The van der Waals surface area contributed by atoms with Crippen molar-refractivity contribution >= 4 is 5.96 Å². The van der Waals surface area contributed by atoms with Crippen molar-refractivity contribution in [2.45, 2.75) is 13.0 Å². The minimum Gasteiger partial charge on any atom is -0.379 e. The van der Waals surface area contributed by atoms with Gasteiger partial charge in [-0.05, 0) is 12.5 Å². The predicted molar refractivity (Wildman–Crippen MR) is 86.7 cm³/mol. The highest BCUT2D eigenvalue weighted by Crippen LogP contribution is 2.21. The number of nitrogens with zero attached hydrogens (tertiary/aromatic N) is 2. The molecule has 1 aromatic carbocycles. The summed E-state index contributed by atoms with van der Waals surface area (Å²) < 4.78 is 5.47. The minimum atomic E-state index is 0.333. The van der Waals surface area contributed by atoms with E-state index in [1.54, 1.807) is 7.05 Å². The van der Waals surface area contributed by atoms with Gasteiger partial charge in [-0.1, -0.05) is 29.8 Å². The highest BCUT2D eigenvalue weighted by atomic mass is 16.5. The fraction of sp³-hybridized carbons (Fsp3) is 0.562. The molecule has 1 aliphatic heterocycles. The average Bonchev–Trinajstić information content (AvgIpc) is 2.54. The zero-order valence-corrected chi connectivity index (χ0v) is 13.2. The molecule has 1 aromatic rings. The number of hydrogen-bond acceptors (Lipinski definition) is 3. The predicted octanol–water partition coefficient (Wildman–Crippen LogP) is 1.16. The van der Waals surface area contributed by atoms with Gasteiger partial charge < -0.3 is 15.4 Å². The van der Waals surface area contributed by atoms with Crippen LogP contribution in [0.4, 0.5) is 0 Å². The first kappa shape index (κ1) is 15.8. The lowest BCUT2D eigenvalue weighted by Gasteiger charge is -2.35. The first-order chi connectivity index (χ1) is 10.2. The third-order valence-corrected chi connectivity index (χ3v) is 3.87. The second kappa shape index (κ2) is 8.00. The molecule has 0 radical (unpaired) electrons. The topological polar surface area (TPSA) is 48.9 Å². The van der Waals surface area contributed by atoms with Gasteiger partial charge in [0.1, 0.15) is 0 Å². The van der Waals surface area contributed by atoms with Crippen LogP contribution in [-0.2, 0) is 4.74 Å². The molecule has 0 aromatic heterocycles. The van der Waals surface area contributed by atoms with Crippen LogP contribution in [0.15, 0.2) is 29.3 Å². The normalized spacial score (nSPS) is 18.3. The molecule has 5 heteroatoms. The molecule has 5 nitrogen and oxygen atoms in total. The van der Waals surface area contributed by atoms with Crippen LogP contribution >= 0.6 is 0 Å². The minimum absolute atomic E-state index is 0.333. The Hall–Kier alpha value is -1.59. The third kappa shape index (κ3) is 4.44. The molecule has 1 heterocycles. The van der Waals surface area contributed by atoms with E-state index in [1.807, 2.05) is 7.05 Å². The molecule has 1 fully saturated rings. The Morgan fingerprint density at radius 1 is 1.29 bits per heavy atom. The van der Waals surface area contributed by atoms with Crippen molar-refractivity contribution in [3.05, 3.63) is 35.4 Å². The Morgan fingerprint density at radius 3 is 2.52 bits per heavy atom. The highest BCUT2D eigenvalue weighted by Gasteiger charge is 2.22. The molecule has 116 valence electrons. The molecule has 1 unspecified atom stereocenters. The maximum absolute atomic E-state index is 5.47. The fourth-order valence-electron chi connectivity index (χ4n) is 2.61. The second-order valence-electron chi connectivity index (χ2n) is 5.28. The number of guanidine groups is 1. The van der Waals surface area contributed by atoms with Crippen LogP contribution in [0.2, 0.25) is 0 Å². The van der Waals surface area contributed by atoms with Crippen molar-refractivity contribution in [2.24, 2.45) is 4.99 Å². The summed E-state index contributed by atoms with van der Waals surface area (Å²) >= 11 is 0. The number of rotatable bonds is 4. The third-order valence-electron chi connectivity index (χ3n) is 3.87. The van der Waals surface area contributed by atoms with Gasteiger partial charge in [-0.2, -0.15) is 0 Å². The van der Waals surface area contributed by atoms with Gasteiger partial charge in [0, 0.05) is 33.7 Å². The molecular weight excluding hydrogens is 264 g/mol. The lowest BCUT2D eigenvalue weighted by atomic mass is 10.0. The summed E-state index contributed by atoms with van der Waals surface area (Å²) in [6.07, 6.45) is 0. The quantitative estimate of drug-likeness (QED) is 0.645. The highest BCUT2D eigenvalue weighted by molar-refractivity contribution is 5.79. The largest absolute Gasteiger partial charge is 0.379 e. The Labute approximate surface area is 127 Å². The lowest BCUT2D eigenvalue weighted by molar-refractivity contribution is 0.0170. The number of ether oxygens (including phenoxy) is 1. The zero-order chi connectivity index (χ0) is 15.1. The molecule has 1 atom stereocenters. The van der Waals surface area contributed by atoms with E-state index < -0.39 is 0 Å². The average molecular weight is 290 g/mol. The maximum Gasteiger partial charge on any atom is 0.190 e. The fourth-order valence-corrected chi connectivity index (χ4v) is 2.61. The Morgan fingerprint density at radius 2 is 1.95 bits per heavy atom. The van der Waals surface area contributed by atoms with Crippen LogP contribution in [0, 0.1) is 6.92 Å². The van der Waals surface area contributed by atoms with Gasteiger partial charge >= 0.3 is 0 Å². The zero-order valence-electron chi connectivity index (χ0n) is 13.2.